The molecule has 124 valence electrons. The lowest BCUT2D eigenvalue weighted by atomic mass is 10.1. The average molecular weight is 341 g/mol. The zero-order chi connectivity index (χ0) is 16.9. The van der Waals surface area contributed by atoms with Gasteiger partial charge in [0.1, 0.15) is 0 Å². The molecule has 1 aromatic carbocycles. The Morgan fingerprint density at radius 3 is 2.92 bits per heavy atom. The van der Waals surface area contributed by atoms with Crippen molar-refractivity contribution < 1.29 is 9.59 Å². The van der Waals surface area contributed by atoms with Gasteiger partial charge in [-0.05, 0) is 29.8 Å². The minimum Gasteiger partial charge on any atom is -0.345 e. The highest BCUT2D eigenvalue weighted by molar-refractivity contribution is 7.98. The van der Waals surface area contributed by atoms with Crippen LogP contribution in [-0.2, 0) is 15.3 Å². The molecule has 0 aliphatic carbocycles. The third kappa shape index (κ3) is 4.14. The molecule has 0 bridgehead atoms. The van der Waals surface area contributed by atoms with E-state index in [0.717, 1.165) is 22.0 Å². The molecule has 6 heteroatoms. The Balaban J connectivity index is 1.59. The molecule has 2 amide bonds. The Labute approximate surface area is 145 Å². The van der Waals surface area contributed by atoms with Gasteiger partial charge in [0.15, 0.2) is 0 Å². The number of likely N-dealkylation sites (tertiary alicyclic amines) is 1. The summed E-state index contributed by atoms with van der Waals surface area (Å²) in [6.45, 7) is 0.486. The van der Waals surface area contributed by atoms with Crippen LogP contribution < -0.4 is 5.32 Å². The minimum atomic E-state index is -0.269. The van der Waals surface area contributed by atoms with Crippen LogP contribution in [0.15, 0.2) is 53.7 Å². The number of hydrogen-bond donors (Lipinski definition) is 1. The number of benzene rings is 1. The summed E-state index contributed by atoms with van der Waals surface area (Å²) < 4.78 is 0. The van der Waals surface area contributed by atoms with Crippen LogP contribution in [0.1, 0.15) is 12.0 Å². The predicted molar refractivity (Wildman–Crippen MR) is 94.6 cm³/mol. The summed E-state index contributed by atoms with van der Waals surface area (Å²) in [5, 5.41) is 3.89. The van der Waals surface area contributed by atoms with Crippen LogP contribution in [0.4, 0.5) is 5.69 Å². The molecule has 3 rings (SSSR count). The van der Waals surface area contributed by atoms with E-state index < -0.39 is 0 Å². The maximum absolute atomic E-state index is 12.3. The van der Waals surface area contributed by atoms with Gasteiger partial charge in [-0.3, -0.25) is 9.59 Å². The molecule has 1 N–H and O–H groups in total. The first-order valence-electron chi connectivity index (χ1n) is 7.79. The monoisotopic (exact) mass is 341 g/mol. The Hall–Kier alpha value is -2.34. The molecule has 5 nitrogen and oxygen atoms in total. The Morgan fingerprint density at radius 2 is 2.21 bits per heavy atom. The third-order valence-electron chi connectivity index (χ3n) is 3.93. The molecule has 0 saturated carbocycles. The standard InChI is InChI=1S/C18H19N3O2S/c1-21-11-14(10-17(21)22)18(23)20-15-6-4-5-13(9-15)12-24-16-7-2-3-8-19-16/h2-9,14H,10-12H2,1H3,(H,20,23)/t14-/m0/s1. The van der Waals surface area contributed by atoms with Crippen LogP contribution >= 0.6 is 11.8 Å². The van der Waals surface area contributed by atoms with Crippen molar-refractivity contribution in [3.63, 3.8) is 0 Å². The van der Waals surface area contributed by atoms with E-state index >= 15 is 0 Å². The number of carbonyl (C=O) groups is 2. The number of nitrogens with one attached hydrogen (secondary N) is 1. The van der Waals surface area contributed by atoms with Gasteiger partial charge in [-0.1, -0.05) is 18.2 Å². The van der Waals surface area contributed by atoms with Gasteiger partial charge in [-0.2, -0.15) is 0 Å². The highest BCUT2D eigenvalue weighted by Gasteiger charge is 2.32. The zero-order valence-corrected chi connectivity index (χ0v) is 14.3. The molecule has 24 heavy (non-hydrogen) atoms. The van der Waals surface area contributed by atoms with Crippen LogP contribution in [-0.4, -0.2) is 35.3 Å². The lowest BCUT2D eigenvalue weighted by molar-refractivity contribution is -0.127. The van der Waals surface area contributed by atoms with Crippen LogP contribution in [0.2, 0.25) is 0 Å². The Bertz CT molecular complexity index is 736. The second-order valence-corrected chi connectivity index (χ2v) is 6.82. The van der Waals surface area contributed by atoms with Crippen LogP contribution in [0, 0.1) is 5.92 Å². The summed E-state index contributed by atoms with van der Waals surface area (Å²) in [6, 6.07) is 13.6. The summed E-state index contributed by atoms with van der Waals surface area (Å²) in [5.41, 5.74) is 1.88. The first-order valence-corrected chi connectivity index (χ1v) is 8.78. The van der Waals surface area contributed by atoms with E-state index in [0.29, 0.717) is 6.54 Å². The van der Waals surface area contributed by atoms with Crippen molar-refractivity contribution >= 4 is 29.3 Å². The lowest BCUT2D eigenvalue weighted by Crippen LogP contribution is -2.25. The van der Waals surface area contributed by atoms with Gasteiger partial charge in [0.05, 0.1) is 10.9 Å². The smallest absolute Gasteiger partial charge is 0.229 e. The Kier molecular flexibility index (Phi) is 5.15. The molecule has 1 aliphatic heterocycles. The number of nitrogens with zero attached hydrogens (tertiary/aromatic N) is 2. The van der Waals surface area contributed by atoms with Crippen LogP contribution in [0.25, 0.3) is 0 Å². The quantitative estimate of drug-likeness (QED) is 0.850. The van der Waals surface area contributed by atoms with Crippen molar-refractivity contribution in [2.24, 2.45) is 5.92 Å². The van der Waals surface area contributed by atoms with Gasteiger partial charge in [0.2, 0.25) is 11.8 Å². The van der Waals surface area contributed by atoms with E-state index in [1.54, 1.807) is 29.9 Å². The largest absolute Gasteiger partial charge is 0.345 e. The molecule has 1 aromatic heterocycles. The summed E-state index contributed by atoms with van der Waals surface area (Å²) >= 11 is 1.65. The first-order chi connectivity index (χ1) is 11.6. The normalized spacial score (nSPS) is 17.1. The van der Waals surface area contributed by atoms with Crippen molar-refractivity contribution in [3.8, 4) is 0 Å². The maximum Gasteiger partial charge on any atom is 0.229 e. The van der Waals surface area contributed by atoms with E-state index in [4.69, 9.17) is 0 Å². The number of pyridine rings is 1. The lowest BCUT2D eigenvalue weighted by Gasteiger charge is -2.12. The summed E-state index contributed by atoms with van der Waals surface area (Å²) in [7, 11) is 1.73. The van der Waals surface area contributed by atoms with Crippen molar-refractivity contribution in [3.05, 3.63) is 54.2 Å². The highest BCUT2D eigenvalue weighted by atomic mass is 32.2. The minimum absolute atomic E-state index is 0.0238. The summed E-state index contributed by atoms with van der Waals surface area (Å²) in [5.74, 6) is 0.442. The topological polar surface area (TPSA) is 62.3 Å². The second-order valence-electron chi connectivity index (χ2n) is 5.82. The number of aromatic nitrogens is 1. The van der Waals surface area contributed by atoms with E-state index in [9.17, 15) is 9.59 Å². The van der Waals surface area contributed by atoms with E-state index in [1.807, 2.05) is 42.5 Å². The predicted octanol–water partition coefficient (Wildman–Crippen LogP) is 2.79. The zero-order valence-electron chi connectivity index (χ0n) is 13.4. The van der Waals surface area contributed by atoms with Gasteiger partial charge in [-0.15, -0.1) is 11.8 Å². The van der Waals surface area contributed by atoms with E-state index in [2.05, 4.69) is 10.3 Å². The van der Waals surface area contributed by atoms with Gasteiger partial charge < -0.3 is 10.2 Å². The molecular formula is C18H19N3O2S. The highest BCUT2D eigenvalue weighted by Crippen LogP contribution is 2.23. The van der Waals surface area contributed by atoms with Crippen molar-refractivity contribution in [2.45, 2.75) is 17.2 Å². The molecular weight excluding hydrogens is 322 g/mol. The molecule has 1 atom stereocenters. The molecule has 1 aliphatic rings. The molecule has 1 saturated heterocycles. The molecule has 2 heterocycles. The molecule has 0 spiro atoms. The summed E-state index contributed by atoms with van der Waals surface area (Å²) in [6.07, 6.45) is 2.07. The summed E-state index contributed by atoms with van der Waals surface area (Å²) in [4.78, 5) is 29.7. The number of amides is 2. The molecule has 2 aromatic rings. The van der Waals surface area contributed by atoms with Gasteiger partial charge in [0.25, 0.3) is 0 Å². The molecule has 1 fully saturated rings. The van der Waals surface area contributed by atoms with E-state index in [1.165, 1.54) is 0 Å². The van der Waals surface area contributed by atoms with Crippen molar-refractivity contribution in [2.75, 3.05) is 18.9 Å². The second kappa shape index (κ2) is 7.49. The van der Waals surface area contributed by atoms with Crippen LogP contribution in [0.3, 0.4) is 0 Å². The van der Waals surface area contributed by atoms with Gasteiger partial charge >= 0.3 is 0 Å². The van der Waals surface area contributed by atoms with Crippen molar-refractivity contribution in [1.82, 2.24) is 9.88 Å². The maximum atomic E-state index is 12.3. The fourth-order valence-electron chi connectivity index (χ4n) is 2.61. The van der Waals surface area contributed by atoms with Gasteiger partial charge in [-0.25, -0.2) is 4.98 Å². The fraction of sp³-hybridized carbons (Fsp3) is 0.278. The number of rotatable bonds is 5. The van der Waals surface area contributed by atoms with Gasteiger partial charge in [0, 0.05) is 37.7 Å². The molecule has 0 radical (unpaired) electrons. The fourth-order valence-corrected chi connectivity index (χ4v) is 3.42. The number of anilines is 1. The third-order valence-corrected chi connectivity index (χ3v) is 4.95. The average Bonchev–Trinajstić information content (AvgIpc) is 2.94. The number of hydrogen-bond acceptors (Lipinski definition) is 4. The SMILES string of the molecule is CN1C[C@@H](C(=O)Nc2cccc(CSc3ccccn3)c2)CC1=O. The molecule has 0 unspecified atom stereocenters. The number of carbonyl (C=O) groups excluding carboxylic acids is 2. The number of thioether (sulfide) groups is 1. The first kappa shape index (κ1) is 16.5. The Morgan fingerprint density at radius 1 is 1.33 bits per heavy atom. The van der Waals surface area contributed by atoms with E-state index in [-0.39, 0.29) is 24.2 Å². The van der Waals surface area contributed by atoms with Crippen molar-refractivity contribution in [1.29, 1.82) is 0 Å². The van der Waals surface area contributed by atoms with Crippen LogP contribution in [0.5, 0.6) is 0 Å².